The first-order valence-corrected chi connectivity index (χ1v) is 6.29. The molecule has 0 unspecified atom stereocenters. The maximum atomic E-state index is 7.20. The molecule has 0 bridgehead atoms. The first-order valence-electron chi connectivity index (χ1n) is 6.29. The molecule has 1 aromatic carbocycles. The molecule has 0 aromatic heterocycles. The molecule has 0 heterocycles. The SMILES string of the molecule is Cc1cc(C)cc(OCCC(NC(=N)N)NC(=N)N)c1.Cl. The maximum absolute atomic E-state index is 7.20. The third kappa shape index (κ3) is 7.88. The van der Waals surface area contributed by atoms with Crippen LogP contribution in [-0.4, -0.2) is 24.7 Å². The molecular weight excluding hydrogens is 292 g/mol. The summed E-state index contributed by atoms with van der Waals surface area (Å²) in [5.41, 5.74) is 12.8. The Morgan fingerprint density at radius 2 is 1.57 bits per heavy atom. The van der Waals surface area contributed by atoms with E-state index in [1.807, 2.05) is 26.0 Å². The van der Waals surface area contributed by atoms with Gasteiger partial charge in [0, 0.05) is 6.42 Å². The highest BCUT2D eigenvalue weighted by Crippen LogP contribution is 2.16. The predicted octanol–water partition coefficient (Wildman–Crippen LogP) is 0.786. The van der Waals surface area contributed by atoms with Crippen LogP contribution in [-0.2, 0) is 0 Å². The molecule has 1 rings (SSSR count). The van der Waals surface area contributed by atoms with E-state index in [1.165, 1.54) is 0 Å². The van der Waals surface area contributed by atoms with Crippen molar-refractivity contribution in [3.05, 3.63) is 29.3 Å². The van der Waals surface area contributed by atoms with Crippen molar-refractivity contribution in [3.63, 3.8) is 0 Å². The van der Waals surface area contributed by atoms with Crippen molar-refractivity contribution in [2.24, 2.45) is 11.5 Å². The Hall–Kier alpha value is -2.15. The number of hydrogen-bond donors (Lipinski definition) is 6. The van der Waals surface area contributed by atoms with Crippen molar-refractivity contribution in [3.8, 4) is 5.75 Å². The largest absolute Gasteiger partial charge is 0.493 e. The third-order valence-corrected chi connectivity index (χ3v) is 2.53. The average Bonchev–Trinajstić information content (AvgIpc) is 2.25. The summed E-state index contributed by atoms with van der Waals surface area (Å²) in [5.74, 6) is 0.428. The summed E-state index contributed by atoms with van der Waals surface area (Å²) >= 11 is 0. The topological polar surface area (TPSA) is 133 Å². The molecule has 0 radical (unpaired) electrons. The summed E-state index contributed by atoms with van der Waals surface area (Å²) in [6.07, 6.45) is 0.0995. The molecule has 0 aliphatic heterocycles. The summed E-state index contributed by atoms with van der Waals surface area (Å²) in [6.45, 7) is 4.43. The van der Waals surface area contributed by atoms with Gasteiger partial charge in [0.05, 0.1) is 6.61 Å². The Bertz CT molecular complexity index is 457. The average molecular weight is 315 g/mol. The molecule has 0 saturated heterocycles. The number of guanidine groups is 2. The molecule has 0 spiro atoms. The van der Waals surface area contributed by atoms with E-state index in [0.717, 1.165) is 16.9 Å². The van der Waals surface area contributed by atoms with Crippen LogP contribution >= 0.6 is 12.4 Å². The fraction of sp³-hybridized carbons (Fsp3) is 0.385. The number of ether oxygens (including phenoxy) is 1. The van der Waals surface area contributed by atoms with Crippen molar-refractivity contribution < 1.29 is 4.74 Å². The fourth-order valence-electron chi connectivity index (χ4n) is 1.87. The quantitative estimate of drug-likeness (QED) is 0.262. The van der Waals surface area contributed by atoms with E-state index in [0.29, 0.717) is 13.0 Å². The van der Waals surface area contributed by atoms with E-state index in [9.17, 15) is 0 Å². The lowest BCUT2D eigenvalue weighted by atomic mass is 10.1. The summed E-state index contributed by atoms with van der Waals surface area (Å²) in [6, 6.07) is 5.99. The second kappa shape index (κ2) is 8.91. The second-order valence-electron chi connectivity index (χ2n) is 4.63. The van der Waals surface area contributed by atoms with Crippen LogP contribution in [0.3, 0.4) is 0 Å². The van der Waals surface area contributed by atoms with Crippen molar-refractivity contribution in [1.82, 2.24) is 10.6 Å². The lowest BCUT2D eigenvalue weighted by Crippen LogP contribution is -2.52. The Morgan fingerprint density at radius 1 is 1.10 bits per heavy atom. The highest BCUT2D eigenvalue weighted by Gasteiger charge is 2.09. The third-order valence-electron chi connectivity index (χ3n) is 2.53. The van der Waals surface area contributed by atoms with Gasteiger partial charge in [-0.15, -0.1) is 12.4 Å². The molecule has 0 amide bonds. The molecule has 0 fully saturated rings. The Labute approximate surface area is 130 Å². The van der Waals surface area contributed by atoms with E-state index in [2.05, 4.69) is 16.7 Å². The smallest absolute Gasteiger partial charge is 0.187 e. The van der Waals surface area contributed by atoms with Crippen LogP contribution < -0.4 is 26.8 Å². The van der Waals surface area contributed by atoms with Crippen LogP contribution in [0.1, 0.15) is 17.5 Å². The fourth-order valence-corrected chi connectivity index (χ4v) is 1.87. The van der Waals surface area contributed by atoms with Crippen LogP contribution in [0.25, 0.3) is 0 Å². The van der Waals surface area contributed by atoms with E-state index >= 15 is 0 Å². The van der Waals surface area contributed by atoms with Gasteiger partial charge in [0.15, 0.2) is 11.9 Å². The Kier molecular flexibility index (Phi) is 8.00. The molecule has 1 aromatic rings. The number of rotatable bonds is 6. The first-order chi connectivity index (χ1) is 9.36. The predicted molar refractivity (Wildman–Crippen MR) is 87.2 cm³/mol. The summed E-state index contributed by atoms with van der Waals surface area (Å²) in [5, 5.41) is 19.7. The summed E-state index contributed by atoms with van der Waals surface area (Å²) < 4.78 is 5.66. The van der Waals surface area contributed by atoms with Gasteiger partial charge in [-0.1, -0.05) is 6.07 Å². The van der Waals surface area contributed by atoms with Crippen molar-refractivity contribution in [2.45, 2.75) is 26.4 Å². The molecule has 0 atom stereocenters. The Balaban J connectivity index is 0.00000400. The molecule has 21 heavy (non-hydrogen) atoms. The van der Waals surface area contributed by atoms with Gasteiger partial charge in [-0.05, 0) is 37.1 Å². The van der Waals surface area contributed by atoms with Gasteiger partial charge in [-0.2, -0.15) is 0 Å². The van der Waals surface area contributed by atoms with E-state index in [4.69, 9.17) is 27.0 Å². The van der Waals surface area contributed by atoms with E-state index in [-0.39, 0.29) is 24.3 Å². The van der Waals surface area contributed by atoms with Crippen LogP contribution in [0.2, 0.25) is 0 Å². The zero-order valence-electron chi connectivity index (χ0n) is 12.2. The molecule has 118 valence electrons. The Morgan fingerprint density at radius 3 is 2.00 bits per heavy atom. The molecule has 0 aliphatic rings. The number of nitrogens with two attached hydrogens (primary N) is 2. The number of aryl methyl sites for hydroxylation is 2. The van der Waals surface area contributed by atoms with Gasteiger partial charge in [0.25, 0.3) is 0 Å². The van der Waals surface area contributed by atoms with Gasteiger partial charge in [-0.25, -0.2) is 0 Å². The molecule has 0 saturated carbocycles. The molecule has 8 heteroatoms. The molecule has 7 nitrogen and oxygen atoms in total. The van der Waals surface area contributed by atoms with Crippen molar-refractivity contribution in [1.29, 1.82) is 10.8 Å². The number of halogens is 1. The van der Waals surface area contributed by atoms with Gasteiger partial charge in [0.1, 0.15) is 11.9 Å². The van der Waals surface area contributed by atoms with Gasteiger partial charge in [-0.3, -0.25) is 10.8 Å². The van der Waals surface area contributed by atoms with Crippen LogP contribution in [0, 0.1) is 24.7 Å². The van der Waals surface area contributed by atoms with Gasteiger partial charge in [0.2, 0.25) is 0 Å². The zero-order valence-corrected chi connectivity index (χ0v) is 13.0. The number of benzene rings is 1. The van der Waals surface area contributed by atoms with E-state index < -0.39 is 6.17 Å². The van der Waals surface area contributed by atoms with Crippen LogP contribution in [0.15, 0.2) is 18.2 Å². The van der Waals surface area contributed by atoms with E-state index in [1.54, 1.807) is 0 Å². The number of nitrogens with one attached hydrogen (secondary N) is 4. The van der Waals surface area contributed by atoms with Crippen molar-refractivity contribution in [2.75, 3.05) is 6.61 Å². The molecule has 0 aliphatic carbocycles. The minimum Gasteiger partial charge on any atom is -0.493 e. The van der Waals surface area contributed by atoms with Crippen LogP contribution in [0.4, 0.5) is 0 Å². The standard InChI is InChI=1S/C13H22N6O.ClH/c1-8-5-9(2)7-10(6-8)20-4-3-11(18-12(14)15)19-13(16)17;/h5-7,11H,3-4H2,1-2H3,(H4,14,15,18)(H4,16,17,19);1H. The minimum atomic E-state index is -0.407. The highest BCUT2D eigenvalue weighted by molar-refractivity contribution is 5.85. The monoisotopic (exact) mass is 314 g/mol. The normalized spacial score (nSPS) is 11.0. The summed E-state index contributed by atoms with van der Waals surface area (Å²) in [7, 11) is 0. The van der Waals surface area contributed by atoms with Crippen molar-refractivity contribution >= 4 is 24.3 Å². The molecular formula is C13H23ClN6O. The zero-order chi connectivity index (χ0) is 15.1. The van der Waals surface area contributed by atoms with Gasteiger partial charge < -0.3 is 26.8 Å². The van der Waals surface area contributed by atoms with Crippen LogP contribution in [0.5, 0.6) is 5.75 Å². The lowest BCUT2D eigenvalue weighted by Gasteiger charge is -2.20. The number of hydrogen-bond acceptors (Lipinski definition) is 3. The molecule has 8 N–H and O–H groups in total. The maximum Gasteiger partial charge on any atom is 0.187 e. The first kappa shape index (κ1) is 18.9. The second-order valence-corrected chi connectivity index (χ2v) is 4.63. The lowest BCUT2D eigenvalue weighted by molar-refractivity contribution is 0.287. The highest BCUT2D eigenvalue weighted by atomic mass is 35.5. The minimum absolute atomic E-state index is 0. The van der Waals surface area contributed by atoms with Gasteiger partial charge >= 0.3 is 0 Å². The summed E-state index contributed by atoms with van der Waals surface area (Å²) in [4.78, 5) is 0.